The molecule has 1 N–H and O–H groups in total. The van der Waals surface area contributed by atoms with E-state index < -0.39 is 14.9 Å². The Morgan fingerprint density at radius 2 is 1.78 bits per heavy atom. The third-order valence-corrected chi connectivity index (χ3v) is 4.96. The predicted molar refractivity (Wildman–Crippen MR) is 91.1 cm³/mol. The minimum atomic E-state index is -3.95. The number of aryl methyl sites for hydroxylation is 1. The van der Waals surface area contributed by atoms with E-state index >= 15 is 0 Å². The summed E-state index contributed by atoms with van der Waals surface area (Å²) in [4.78, 5) is 0.0351. The fraction of sp³-hybridized carbons (Fsp3) is 0.125. The summed E-state index contributed by atoms with van der Waals surface area (Å²) in [5.74, 6) is 0. The lowest BCUT2D eigenvalue weighted by Gasteiger charge is -2.05. The molecule has 7 heteroatoms. The van der Waals surface area contributed by atoms with Gasteiger partial charge >= 0.3 is 0 Å². The number of nitrogens with one attached hydrogen (secondary N) is 1. The molecule has 0 radical (unpaired) electrons. The number of benzene rings is 2. The first-order valence-electron chi connectivity index (χ1n) is 6.80. The van der Waals surface area contributed by atoms with Gasteiger partial charge in [0.1, 0.15) is 6.07 Å². The van der Waals surface area contributed by atoms with E-state index in [-0.39, 0.29) is 4.90 Å². The highest BCUT2D eigenvalue weighted by molar-refractivity contribution is 8.07. The fourth-order valence-electron chi connectivity index (χ4n) is 1.80. The largest absolute Gasteiger partial charge is 0.277 e. The molecule has 0 atom stereocenters. The molecule has 0 aliphatic heterocycles. The molecule has 5 nitrogen and oxygen atoms in total. The zero-order valence-corrected chi connectivity index (χ0v) is 13.9. The Bertz CT molecular complexity index is 852. The van der Waals surface area contributed by atoms with Crippen LogP contribution in [0.4, 0.5) is 5.69 Å². The van der Waals surface area contributed by atoms with Gasteiger partial charge in [0.25, 0.3) is 5.04 Å². The van der Waals surface area contributed by atoms with Gasteiger partial charge in [0, 0.05) is 5.02 Å². The number of sulfone groups is 1. The van der Waals surface area contributed by atoms with Gasteiger partial charge in [0.2, 0.25) is 9.84 Å². The minimum Gasteiger partial charge on any atom is -0.277 e. The van der Waals surface area contributed by atoms with E-state index in [4.69, 9.17) is 16.9 Å². The number of hydrazone groups is 1. The van der Waals surface area contributed by atoms with Crippen LogP contribution in [0, 0.1) is 11.3 Å². The van der Waals surface area contributed by atoms with Crippen LogP contribution in [0.5, 0.6) is 0 Å². The standard InChI is InChI=1S/C16H14ClN3O2S/c1-2-12-3-9-15(10-4-12)23(21,22)16(11-18)20-19-14-7-5-13(17)6-8-14/h3-10,19H,2H2,1H3. The first-order chi connectivity index (χ1) is 11.0. The van der Waals surface area contributed by atoms with Crippen LogP contribution < -0.4 is 5.43 Å². The molecule has 0 fully saturated rings. The highest BCUT2D eigenvalue weighted by Crippen LogP contribution is 2.16. The average Bonchev–Trinajstić information content (AvgIpc) is 2.57. The number of nitriles is 1. The summed E-state index contributed by atoms with van der Waals surface area (Å²) in [5.41, 5.74) is 4.09. The second-order valence-electron chi connectivity index (χ2n) is 4.65. The van der Waals surface area contributed by atoms with Crippen molar-refractivity contribution >= 4 is 32.2 Å². The van der Waals surface area contributed by atoms with E-state index in [0.717, 1.165) is 12.0 Å². The Balaban J connectivity index is 2.29. The topological polar surface area (TPSA) is 82.3 Å². The zero-order valence-electron chi connectivity index (χ0n) is 12.3. The summed E-state index contributed by atoms with van der Waals surface area (Å²) >= 11 is 5.77. The normalized spacial score (nSPS) is 11.8. The highest BCUT2D eigenvalue weighted by Gasteiger charge is 2.22. The Morgan fingerprint density at radius 1 is 1.17 bits per heavy atom. The second kappa shape index (κ2) is 7.27. The molecule has 2 aromatic carbocycles. The van der Waals surface area contributed by atoms with Crippen LogP contribution in [0.2, 0.25) is 5.02 Å². The van der Waals surface area contributed by atoms with E-state index in [0.29, 0.717) is 10.7 Å². The Labute approximate surface area is 140 Å². The predicted octanol–water partition coefficient (Wildman–Crippen LogP) is 3.63. The molecule has 0 unspecified atom stereocenters. The van der Waals surface area contributed by atoms with Crippen LogP contribution in [0.3, 0.4) is 0 Å². The Morgan fingerprint density at radius 3 is 2.30 bits per heavy atom. The molecule has 0 aromatic heterocycles. The lowest BCUT2D eigenvalue weighted by molar-refractivity contribution is 0.607. The molecule has 0 heterocycles. The van der Waals surface area contributed by atoms with Gasteiger partial charge in [-0.3, -0.25) is 5.43 Å². The molecule has 2 rings (SSSR count). The molecule has 0 spiro atoms. The van der Waals surface area contributed by atoms with Crippen molar-refractivity contribution < 1.29 is 8.42 Å². The van der Waals surface area contributed by atoms with Gasteiger partial charge in [-0.1, -0.05) is 30.7 Å². The van der Waals surface area contributed by atoms with Gasteiger partial charge in [-0.2, -0.15) is 10.4 Å². The molecule has 0 saturated heterocycles. The van der Waals surface area contributed by atoms with E-state index in [1.165, 1.54) is 12.1 Å². The molecule has 0 bridgehead atoms. The fourth-order valence-corrected chi connectivity index (χ4v) is 2.93. The third kappa shape index (κ3) is 4.09. The molecule has 0 amide bonds. The number of anilines is 1. The van der Waals surface area contributed by atoms with Crippen LogP contribution in [0.1, 0.15) is 12.5 Å². The molecule has 2 aromatic rings. The van der Waals surface area contributed by atoms with E-state index in [1.807, 2.05) is 6.92 Å². The average molecular weight is 348 g/mol. The van der Waals surface area contributed by atoms with Crippen molar-refractivity contribution in [3.05, 3.63) is 59.1 Å². The van der Waals surface area contributed by atoms with Crippen molar-refractivity contribution in [2.45, 2.75) is 18.2 Å². The highest BCUT2D eigenvalue weighted by atomic mass is 35.5. The number of rotatable bonds is 4. The van der Waals surface area contributed by atoms with Gasteiger partial charge in [0.05, 0.1) is 10.6 Å². The Hall–Kier alpha value is -2.36. The summed E-state index contributed by atoms with van der Waals surface area (Å²) < 4.78 is 24.8. The molecular formula is C16H14ClN3O2S. The molecule has 0 aliphatic rings. The minimum absolute atomic E-state index is 0.0351. The smallest absolute Gasteiger partial charge is 0.256 e. The second-order valence-corrected chi connectivity index (χ2v) is 6.95. The van der Waals surface area contributed by atoms with Crippen LogP contribution in [0.25, 0.3) is 0 Å². The van der Waals surface area contributed by atoms with Gasteiger partial charge in [0.15, 0.2) is 0 Å². The molecular weight excluding hydrogens is 334 g/mol. The molecule has 0 aliphatic carbocycles. The molecule has 23 heavy (non-hydrogen) atoms. The summed E-state index contributed by atoms with van der Waals surface area (Å²) in [5, 5.41) is 12.8. The van der Waals surface area contributed by atoms with Gasteiger partial charge in [-0.25, -0.2) is 8.42 Å². The number of nitrogens with zero attached hydrogens (tertiary/aromatic N) is 2. The van der Waals surface area contributed by atoms with Crippen molar-refractivity contribution in [1.29, 1.82) is 5.26 Å². The number of halogens is 1. The zero-order chi connectivity index (χ0) is 16.9. The van der Waals surface area contributed by atoms with Crippen molar-refractivity contribution in [3.63, 3.8) is 0 Å². The van der Waals surface area contributed by atoms with Gasteiger partial charge in [-0.15, -0.1) is 0 Å². The molecule has 118 valence electrons. The van der Waals surface area contributed by atoms with Crippen molar-refractivity contribution in [1.82, 2.24) is 0 Å². The van der Waals surface area contributed by atoms with Crippen molar-refractivity contribution in [3.8, 4) is 6.07 Å². The van der Waals surface area contributed by atoms with E-state index in [2.05, 4.69) is 10.5 Å². The lowest BCUT2D eigenvalue weighted by atomic mass is 10.2. The van der Waals surface area contributed by atoms with Crippen LogP contribution in [-0.4, -0.2) is 13.5 Å². The number of hydrogen-bond acceptors (Lipinski definition) is 5. The number of hydrogen-bond donors (Lipinski definition) is 1. The summed E-state index contributed by atoms with van der Waals surface area (Å²) in [6.07, 6.45) is 0.803. The van der Waals surface area contributed by atoms with E-state index in [1.54, 1.807) is 42.5 Å². The van der Waals surface area contributed by atoms with E-state index in [9.17, 15) is 8.42 Å². The monoisotopic (exact) mass is 347 g/mol. The first kappa shape index (κ1) is 17.0. The van der Waals surface area contributed by atoms with Gasteiger partial charge in [-0.05, 0) is 48.4 Å². The third-order valence-electron chi connectivity index (χ3n) is 3.12. The summed E-state index contributed by atoms with van der Waals surface area (Å²) in [7, 11) is -3.95. The molecule has 0 saturated carbocycles. The quantitative estimate of drug-likeness (QED) is 0.520. The van der Waals surface area contributed by atoms with Crippen LogP contribution in [0.15, 0.2) is 58.5 Å². The maximum atomic E-state index is 12.4. The van der Waals surface area contributed by atoms with Gasteiger partial charge < -0.3 is 0 Å². The summed E-state index contributed by atoms with van der Waals surface area (Å²) in [6, 6.07) is 14.5. The maximum absolute atomic E-state index is 12.4. The van der Waals surface area contributed by atoms with Crippen molar-refractivity contribution in [2.75, 3.05) is 5.43 Å². The SMILES string of the molecule is CCc1ccc(S(=O)(=O)C(C#N)=NNc2ccc(Cl)cc2)cc1. The first-order valence-corrected chi connectivity index (χ1v) is 8.67. The maximum Gasteiger partial charge on any atom is 0.256 e. The Kier molecular flexibility index (Phi) is 5.37. The van der Waals surface area contributed by atoms with Crippen molar-refractivity contribution in [2.24, 2.45) is 5.10 Å². The van der Waals surface area contributed by atoms with Crippen LogP contribution in [-0.2, 0) is 16.3 Å². The lowest BCUT2D eigenvalue weighted by Crippen LogP contribution is -2.15. The summed E-state index contributed by atoms with van der Waals surface area (Å²) in [6.45, 7) is 1.97. The van der Waals surface area contributed by atoms with Crippen LogP contribution >= 0.6 is 11.6 Å².